The van der Waals surface area contributed by atoms with E-state index in [1.165, 1.54) is 12.0 Å². The standard InChI is InChI=1S/C25H29N3O/c1-18-7-9-20(10-8-18)24-17-22(21-5-3-4-6-23(21)27-24)25(29)28-15-12-19(13-16-28)11-14-26-2/h3-10,17,19,26H,11-16H2,1-2H3. The SMILES string of the molecule is CNCCC1CCN(C(=O)c2cc(-c3ccc(C)cc3)nc3ccccc23)CC1. The number of piperidine rings is 1. The lowest BCUT2D eigenvalue weighted by Crippen LogP contribution is -2.39. The van der Waals surface area contributed by atoms with E-state index < -0.39 is 0 Å². The van der Waals surface area contributed by atoms with Gasteiger partial charge in [0.25, 0.3) is 5.91 Å². The van der Waals surface area contributed by atoms with Crippen molar-refractivity contribution < 1.29 is 4.79 Å². The highest BCUT2D eigenvalue weighted by atomic mass is 16.2. The fourth-order valence-corrected chi connectivity index (χ4v) is 4.17. The quantitative estimate of drug-likeness (QED) is 0.692. The zero-order chi connectivity index (χ0) is 20.2. The van der Waals surface area contributed by atoms with Crippen molar-refractivity contribution in [3.8, 4) is 11.3 Å². The number of aromatic nitrogens is 1. The smallest absolute Gasteiger partial charge is 0.254 e. The number of benzene rings is 2. The molecule has 0 spiro atoms. The van der Waals surface area contributed by atoms with Gasteiger partial charge in [0, 0.05) is 24.0 Å². The summed E-state index contributed by atoms with van der Waals surface area (Å²) in [6, 6.07) is 18.3. The third-order valence-electron chi connectivity index (χ3n) is 6.00. The van der Waals surface area contributed by atoms with Crippen LogP contribution in [0, 0.1) is 12.8 Å². The summed E-state index contributed by atoms with van der Waals surface area (Å²) in [5.74, 6) is 0.841. The molecular formula is C25H29N3O. The second-order valence-corrected chi connectivity index (χ2v) is 8.07. The van der Waals surface area contributed by atoms with Crippen molar-refractivity contribution in [2.45, 2.75) is 26.2 Å². The zero-order valence-corrected chi connectivity index (χ0v) is 17.3. The lowest BCUT2D eigenvalue weighted by atomic mass is 9.93. The molecule has 1 amide bonds. The summed E-state index contributed by atoms with van der Waals surface area (Å²) in [4.78, 5) is 20.3. The first-order chi connectivity index (χ1) is 14.2. The van der Waals surface area contributed by atoms with Crippen molar-refractivity contribution >= 4 is 16.8 Å². The van der Waals surface area contributed by atoms with Gasteiger partial charge in [0.05, 0.1) is 16.8 Å². The molecule has 2 aromatic carbocycles. The lowest BCUT2D eigenvalue weighted by Gasteiger charge is -2.32. The maximum Gasteiger partial charge on any atom is 0.254 e. The Hall–Kier alpha value is -2.72. The van der Waals surface area contributed by atoms with Gasteiger partial charge >= 0.3 is 0 Å². The molecule has 4 nitrogen and oxygen atoms in total. The number of pyridine rings is 1. The molecule has 3 aromatic rings. The Bertz CT molecular complexity index is 989. The molecule has 29 heavy (non-hydrogen) atoms. The molecule has 0 unspecified atom stereocenters. The molecular weight excluding hydrogens is 358 g/mol. The van der Waals surface area contributed by atoms with Crippen molar-refractivity contribution in [1.82, 2.24) is 15.2 Å². The Morgan fingerprint density at radius 1 is 1.10 bits per heavy atom. The first-order valence-corrected chi connectivity index (χ1v) is 10.6. The molecule has 0 saturated carbocycles. The maximum atomic E-state index is 13.5. The zero-order valence-electron chi connectivity index (χ0n) is 17.3. The first kappa shape index (κ1) is 19.6. The molecule has 4 heteroatoms. The van der Waals surface area contributed by atoms with E-state index in [9.17, 15) is 4.79 Å². The van der Waals surface area contributed by atoms with Gasteiger partial charge in [-0.25, -0.2) is 4.98 Å². The van der Waals surface area contributed by atoms with Gasteiger partial charge in [-0.15, -0.1) is 0 Å². The molecule has 1 N–H and O–H groups in total. The van der Waals surface area contributed by atoms with Crippen molar-refractivity contribution in [3.05, 3.63) is 65.7 Å². The van der Waals surface area contributed by atoms with E-state index in [1.54, 1.807) is 0 Å². The van der Waals surface area contributed by atoms with Crippen LogP contribution in [0.25, 0.3) is 22.2 Å². The van der Waals surface area contributed by atoms with Gasteiger partial charge < -0.3 is 10.2 Å². The minimum absolute atomic E-state index is 0.129. The molecule has 4 rings (SSSR count). The summed E-state index contributed by atoms with van der Waals surface area (Å²) in [5.41, 5.74) is 4.75. The number of amides is 1. The highest BCUT2D eigenvalue weighted by Crippen LogP contribution is 2.28. The van der Waals surface area contributed by atoms with Crippen LogP contribution in [-0.2, 0) is 0 Å². The van der Waals surface area contributed by atoms with Gasteiger partial charge in [0.2, 0.25) is 0 Å². The van der Waals surface area contributed by atoms with E-state index in [1.807, 2.05) is 42.3 Å². The molecule has 1 saturated heterocycles. The summed E-state index contributed by atoms with van der Waals surface area (Å²) in [6.45, 7) is 4.80. The van der Waals surface area contributed by atoms with E-state index in [-0.39, 0.29) is 5.91 Å². The third kappa shape index (κ3) is 4.33. The number of fused-ring (bicyclic) bond motifs is 1. The monoisotopic (exact) mass is 387 g/mol. The van der Waals surface area contributed by atoms with E-state index in [0.717, 1.165) is 60.2 Å². The normalized spacial score (nSPS) is 15.0. The van der Waals surface area contributed by atoms with E-state index in [4.69, 9.17) is 4.98 Å². The van der Waals surface area contributed by atoms with Crippen LogP contribution in [0.5, 0.6) is 0 Å². The van der Waals surface area contributed by atoms with Crippen LogP contribution < -0.4 is 5.32 Å². The fraction of sp³-hybridized carbons (Fsp3) is 0.360. The predicted octanol–water partition coefficient (Wildman–Crippen LogP) is 4.67. The average molecular weight is 388 g/mol. The Balaban J connectivity index is 1.64. The van der Waals surface area contributed by atoms with Crippen LogP contribution >= 0.6 is 0 Å². The Morgan fingerprint density at radius 3 is 2.55 bits per heavy atom. The third-order valence-corrected chi connectivity index (χ3v) is 6.00. The predicted molar refractivity (Wildman–Crippen MR) is 119 cm³/mol. The van der Waals surface area contributed by atoms with E-state index >= 15 is 0 Å². The molecule has 0 atom stereocenters. The molecule has 2 heterocycles. The molecule has 0 radical (unpaired) electrons. The van der Waals surface area contributed by atoms with Gasteiger partial charge in [-0.1, -0.05) is 48.0 Å². The van der Waals surface area contributed by atoms with Crippen LogP contribution in [0.1, 0.15) is 35.2 Å². The largest absolute Gasteiger partial charge is 0.339 e. The summed E-state index contributed by atoms with van der Waals surface area (Å²) in [7, 11) is 2.00. The van der Waals surface area contributed by atoms with Gasteiger partial charge in [-0.05, 0) is 57.8 Å². The Morgan fingerprint density at radius 2 is 1.83 bits per heavy atom. The lowest BCUT2D eigenvalue weighted by molar-refractivity contribution is 0.0689. The summed E-state index contributed by atoms with van der Waals surface area (Å²) in [5, 5.41) is 4.17. The van der Waals surface area contributed by atoms with Crippen molar-refractivity contribution in [1.29, 1.82) is 0 Å². The van der Waals surface area contributed by atoms with E-state index in [2.05, 4.69) is 36.5 Å². The van der Waals surface area contributed by atoms with Gasteiger partial charge in [-0.3, -0.25) is 4.79 Å². The van der Waals surface area contributed by atoms with Crippen LogP contribution in [0.15, 0.2) is 54.6 Å². The number of likely N-dealkylation sites (tertiary alicyclic amines) is 1. The highest BCUT2D eigenvalue weighted by Gasteiger charge is 2.25. The summed E-state index contributed by atoms with van der Waals surface area (Å²) in [6.07, 6.45) is 3.36. The number of hydrogen-bond donors (Lipinski definition) is 1. The van der Waals surface area contributed by atoms with Crippen LogP contribution in [0.4, 0.5) is 0 Å². The molecule has 0 bridgehead atoms. The minimum atomic E-state index is 0.129. The number of rotatable bonds is 5. The van der Waals surface area contributed by atoms with Gasteiger partial charge in [0.15, 0.2) is 0 Å². The van der Waals surface area contributed by atoms with Gasteiger partial charge in [-0.2, -0.15) is 0 Å². The molecule has 1 aliphatic heterocycles. The number of nitrogens with one attached hydrogen (secondary N) is 1. The van der Waals surface area contributed by atoms with E-state index in [0.29, 0.717) is 5.92 Å². The Labute approximate surface area is 173 Å². The van der Waals surface area contributed by atoms with Crippen molar-refractivity contribution in [3.63, 3.8) is 0 Å². The van der Waals surface area contributed by atoms with Crippen LogP contribution in [-0.4, -0.2) is 42.5 Å². The number of carbonyl (C=O) groups excluding carboxylic acids is 1. The summed E-state index contributed by atoms with van der Waals surface area (Å²) < 4.78 is 0. The highest BCUT2D eigenvalue weighted by molar-refractivity contribution is 6.07. The molecule has 1 fully saturated rings. The van der Waals surface area contributed by atoms with Crippen molar-refractivity contribution in [2.75, 3.05) is 26.7 Å². The van der Waals surface area contributed by atoms with Crippen molar-refractivity contribution in [2.24, 2.45) is 5.92 Å². The number of carbonyl (C=O) groups is 1. The molecule has 1 aliphatic rings. The number of para-hydroxylation sites is 1. The maximum absolute atomic E-state index is 13.5. The summed E-state index contributed by atoms with van der Waals surface area (Å²) >= 11 is 0. The van der Waals surface area contributed by atoms with Gasteiger partial charge in [0.1, 0.15) is 0 Å². The molecule has 150 valence electrons. The fourth-order valence-electron chi connectivity index (χ4n) is 4.17. The molecule has 0 aliphatic carbocycles. The molecule has 1 aromatic heterocycles. The second kappa shape index (κ2) is 8.75. The topological polar surface area (TPSA) is 45.2 Å². The van der Waals surface area contributed by atoms with Crippen LogP contribution in [0.3, 0.4) is 0 Å². The first-order valence-electron chi connectivity index (χ1n) is 10.6. The van der Waals surface area contributed by atoms with Crippen LogP contribution in [0.2, 0.25) is 0 Å². The number of hydrogen-bond acceptors (Lipinski definition) is 3. The Kier molecular flexibility index (Phi) is 5.91. The minimum Gasteiger partial charge on any atom is -0.339 e. The average Bonchev–Trinajstić information content (AvgIpc) is 2.77. The number of nitrogens with zero attached hydrogens (tertiary/aromatic N) is 2. The second-order valence-electron chi connectivity index (χ2n) is 8.07. The number of aryl methyl sites for hydroxylation is 1.